The van der Waals surface area contributed by atoms with Crippen molar-refractivity contribution in [3.63, 3.8) is 0 Å². The maximum atomic E-state index is 2.41. The Bertz CT molecular complexity index is 484. The minimum atomic E-state index is -2.08. The van der Waals surface area contributed by atoms with Crippen LogP contribution < -0.4 is 3.58 Å². The van der Waals surface area contributed by atoms with Gasteiger partial charge in [-0.15, -0.1) is 0 Å². The van der Waals surface area contributed by atoms with E-state index in [4.69, 9.17) is 0 Å². The van der Waals surface area contributed by atoms with Crippen molar-refractivity contribution in [2.45, 2.75) is 34.1 Å². The van der Waals surface area contributed by atoms with Gasteiger partial charge in [0.25, 0.3) is 0 Å². The van der Waals surface area contributed by atoms with E-state index in [1.54, 1.807) is 3.58 Å². The fourth-order valence-corrected chi connectivity index (χ4v) is 14.1. The van der Waals surface area contributed by atoms with Gasteiger partial charge in [-0.1, -0.05) is 0 Å². The van der Waals surface area contributed by atoms with Gasteiger partial charge in [-0.3, -0.25) is 0 Å². The molecule has 1 heteroatoms. The Balaban J connectivity index is 2.69. The average Bonchev–Trinajstić information content (AvgIpc) is 2.41. The van der Waals surface area contributed by atoms with Crippen molar-refractivity contribution in [3.8, 4) is 0 Å². The first-order chi connectivity index (χ1) is 8.27. The third kappa shape index (κ3) is 2.24. The van der Waals surface area contributed by atoms with Gasteiger partial charge in [0, 0.05) is 0 Å². The average molecular weight is 333 g/mol. The molecule has 0 atom stereocenters. The van der Waals surface area contributed by atoms with Crippen LogP contribution in [0, 0.1) is 0 Å². The normalized spacial score (nSPS) is 11.9. The molecule has 17 heavy (non-hydrogen) atoms. The first-order valence-electron chi connectivity index (χ1n) is 6.75. The molecule has 2 aromatic carbocycles. The molecule has 0 fully saturated rings. The van der Waals surface area contributed by atoms with Crippen LogP contribution in [0.5, 0.6) is 0 Å². The molecular weight excluding hydrogens is 311 g/mol. The van der Waals surface area contributed by atoms with Crippen LogP contribution in [-0.2, 0) is 0 Å². The van der Waals surface area contributed by atoms with Crippen molar-refractivity contribution < 1.29 is 0 Å². The third-order valence-electron chi connectivity index (χ3n) is 4.39. The van der Waals surface area contributed by atoms with E-state index in [2.05, 4.69) is 63.2 Å². The molecule has 0 aliphatic heterocycles. The first kappa shape index (κ1) is 12.9. The number of hydrogen-bond acceptors (Lipinski definition) is 0. The molecule has 0 radical (unpaired) electrons. The summed E-state index contributed by atoms with van der Waals surface area (Å²) in [6.07, 6.45) is 0. The molecule has 0 N–H and O–H groups in total. The monoisotopic (exact) mass is 334 g/mol. The number of hydrogen-bond donors (Lipinski definition) is 0. The zero-order valence-corrected chi connectivity index (χ0v) is 14.0. The molecular formula is C16H22Sn. The molecule has 0 aromatic heterocycles. The third-order valence-corrected chi connectivity index (χ3v) is 20.5. The van der Waals surface area contributed by atoms with Gasteiger partial charge in [0.2, 0.25) is 0 Å². The van der Waals surface area contributed by atoms with Gasteiger partial charge in [0.1, 0.15) is 0 Å². The Labute approximate surface area is 109 Å². The molecule has 0 bridgehead atoms. The van der Waals surface area contributed by atoms with Gasteiger partial charge in [-0.25, -0.2) is 0 Å². The summed E-state index contributed by atoms with van der Waals surface area (Å²) in [6.45, 7) is 7.22. The van der Waals surface area contributed by atoms with Gasteiger partial charge < -0.3 is 0 Å². The van der Waals surface area contributed by atoms with E-state index in [9.17, 15) is 0 Å². The summed E-state index contributed by atoms with van der Waals surface area (Å²) >= 11 is -2.08. The van der Waals surface area contributed by atoms with Crippen LogP contribution in [0.4, 0.5) is 0 Å². The second-order valence-electron chi connectivity index (χ2n) is 4.87. The van der Waals surface area contributed by atoms with Gasteiger partial charge in [-0.2, -0.15) is 0 Å². The fraction of sp³-hybridized carbons (Fsp3) is 0.375. The van der Waals surface area contributed by atoms with E-state index in [1.807, 2.05) is 0 Å². The Hall–Kier alpha value is -0.501. The van der Waals surface area contributed by atoms with Crippen LogP contribution in [0.15, 0.2) is 42.5 Å². The second kappa shape index (κ2) is 5.43. The Morgan fingerprint density at radius 1 is 0.765 bits per heavy atom. The molecule has 2 rings (SSSR count). The topological polar surface area (TPSA) is 0 Å². The van der Waals surface area contributed by atoms with Crippen LogP contribution in [0.2, 0.25) is 13.3 Å². The first-order valence-corrected chi connectivity index (χ1v) is 14.2. The Morgan fingerprint density at radius 3 is 2.00 bits per heavy atom. The van der Waals surface area contributed by atoms with Crippen molar-refractivity contribution in [3.05, 3.63) is 42.5 Å². The van der Waals surface area contributed by atoms with Crippen molar-refractivity contribution in [2.24, 2.45) is 0 Å². The Morgan fingerprint density at radius 2 is 1.35 bits per heavy atom. The summed E-state index contributed by atoms with van der Waals surface area (Å²) < 4.78 is 6.02. The van der Waals surface area contributed by atoms with Gasteiger partial charge in [-0.05, 0) is 0 Å². The summed E-state index contributed by atoms with van der Waals surface area (Å²) in [5.74, 6) is 0. The maximum absolute atomic E-state index is 2.41. The van der Waals surface area contributed by atoms with E-state index in [-0.39, 0.29) is 0 Å². The minimum absolute atomic E-state index is 1.42. The number of benzene rings is 2. The van der Waals surface area contributed by atoms with Crippen molar-refractivity contribution in [2.75, 3.05) is 0 Å². The van der Waals surface area contributed by atoms with Crippen LogP contribution in [0.25, 0.3) is 10.8 Å². The summed E-state index contributed by atoms with van der Waals surface area (Å²) in [7, 11) is 0. The van der Waals surface area contributed by atoms with Crippen LogP contribution in [0.1, 0.15) is 20.8 Å². The summed E-state index contributed by atoms with van der Waals surface area (Å²) in [5.41, 5.74) is 0. The second-order valence-corrected chi connectivity index (χ2v) is 19.8. The molecule has 0 amide bonds. The summed E-state index contributed by atoms with van der Waals surface area (Å²) in [4.78, 5) is 0. The van der Waals surface area contributed by atoms with E-state index in [0.29, 0.717) is 0 Å². The molecule has 0 saturated carbocycles. The van der Waals surface area contributed by atoms with Crippen molar-refractivity contribution in [1.29, 1.82) is 0 Å². The summed E-state index contributed by atoms with van der Waals surface area (Å²) in [6, 6.07) is 15.8. The van der Waals surface area contributed by atoms with E-state index in [1.165, 1.54) is 24.1 Å². The van der Waals surface area contributed by atoms with Crippen molar-refractivity contribution in [1.82, 2.24) is 0 Å². The van der Waals surface area contributed by atoms with Crippen LogP contribution >= 0.6 is 0 Å². The predicted octanol–water partition coefficient (Wildman–Crippen LogP) is 4.56. The molecule has 90 valence electrons. The quantitative estimate of drug-likeness (QED) is 0.720. The van der Waals surface area contributed by atoms with Crippen molar-refractivity contribution >= 4 is 32.7 Å². The molecule has 2 aromatic rings. The van der Waals surface area contributed by atoms with E-state index in [0.717, 1.165) is 0 Å². The molecule has 0 aliphatic carbocycles. The zero-order valence-electron chi connectivity index (χ0n) is 11.2. The number of rotatable bonds is 4. The zero-order chi connectivity index (χ0) is 12.3. The van der Waals surface area contributed by atoms with Gasteiger partial charge in [0.05, 0.1) is 0 Å². The SMILES string of the molecule is C[CH2][Sn]([CH2]C)([CH2]C)[c]1cccc2ccccc12. The molecule has 0 aliphatic rings. The fourth-order valence-electron chi connectivity index (χ4n) is 3.01. The van der Waals surface area contributed by atoms with Gasteiger partial charge in [0.15, 0.2) is 0 Å². The molecule has 0 unspecified atom stereocenters. The summed E-state index contributed by atoms with van der Waals surface area (Å²) in [5, 5.41) is 2.94. The molecule has 0 saturated heterocycles. The van der Waals surface area contributed by atoms with Crippen LogP contribution in [-0.4, -0.2) is 18.4 Å². The van der Waals surface area contributed by atoms with E-state index >= 15 is 0 Å². The van der Waals surface area contributed by atoms with Crippen LogP contribution in [0.3, 0.4) is 0 Å². The Kier molecular flexibility index (Phi) is 4.13. The van der Waals surface area contributed by atoms with E-state index < -0.39 is 18.4 Å². The predicted molar refractivity (Wildman–Crippen MR) is 80.8 cm³/mol. The number of fused-ring (bicyclic) bond motifs is 1. The molecule has 0 spiro atoms. The van der Waals surface area contributed by atoms with Gasteiger partial charge >= 0.3 is 109 Å². The molecule has 0 heterocycles. The standard InChI is InChI=1S/C10H7.3C2H5.Sn/c1-2-6-10-8-4-3-7-9(10)5-1;3*1-2;/h1-7H;3*1H2,2H3;. The molecule has 0 nitrogen and oxygen atoms in total.